The van der Waals surface area contributed by atoms with E-state index in [0.717, 1.165) is 9.37 Å². The van der Waals surface area contributed by atoms with Crippen molar-refractivity contribution in [2.45, 2.75) is 23.3 Å². The Morgan fingerprint density at radius 2 is 2.23 bits per heavy atom. The number of nitrogens with zero attached hydrogens (tertiary/aromatic N) is 2. The van der Waals surface area contributed by atoms with E-state index in [9.17, 15) is 4.79 Å². The number of carbonyl (C=O) groups is 1. The fourth-order valence-electron chi connectivity index (χ4n) is 1.49. The van der Waals surface area contributed by atoms with Crippen molar-refractivity contribution in [1.82, 2.24) is 5.43 Å². The number of carbonyl (C=O) groups excluding carboxylic acids is 1. The van der Waals surface area contributed by atoms with Crippen LogP contribution in [0.15, 0.2) is 54.3 Å². The highest BCUT2D eigenvalue weighted by molar-refractivity contribution is 9.10. The summed E-state index contributed by atoms with van der Waals surface area (Å²) < 4.78 is 6.45. The zero-order valence-corrected chi connectivity index (χ0v) is 14.1. The number of aryl methyl sites for hydroxylation is 1. The molecule has 0 aliphatic rings. The summed E-state index contributed by atoms with van der Waals surface area (Å²) in [6, 6.07) is 11.6. The van der Waals surface area contributed by atoms with E-state index in [2.05, 4.69) is 26.5 Å². The average Bonchev–Trinajstić information content (AvgIpc) is 2.82. The number of hydrogen-bond acceptors (Lipinski definition) is 5. The lowest BCUT2D eigenvalue weighted by Gasteiger charge is -1.99. The summed E-state index contributed by atoms with van der Waals surface area (Å²) in [6.07, 6.45) is 1.16. The number of benzene rings is 1. The first-order chi connectivity index (χ1) is 10.6. The summed E-state index contributed by atoms with van der Waals surface area (Å²) in [7, 11) is 0. The number of halogens is 1. The summed E-state index contributed by atoms with van der Waals surface area (Å²) in [5.41, 5.74) is 3.44. The quantitative estimate of drug-likeness (QED) is 0.633. The Morgan fingerprint density at radius 3 is 2.91 bits per heavy atom. The van der Waals surface area contributed by atoms with Gasteiger partial charge in [-0.1, -0.05) is 29.5 Å². The molecule has 112 valence electrons. The molecule has 0 aliphatic carbocycles. The predicted octanol–water partition coefficient (Wildman–Crippen LogP) is 3.87. The molecule has 0 spiro atoms. The first-order valence-corrected chi connectivity index (χ1v) is 7.92. The van der Waals surface area contributed by atoms with Crippen molar-refractivity contribution in [2.24, 2.45) is 5.10 Å². The number of furan rings is 1. The molecule has 1 aromatic heterocycles. The van der Waals surface area contributed by atoms with Gasteiger partial charge in [0.2, 0.25) is 0 Å². The molecule has 0 saturated carbocycles. The van der Waals surface area contributed by atoms with Gasteiger partial charge in [0.25, 0.3) is 5.91 Å². The minimum Gasteiger partial charge on any atom is -0.447 e. The summed E-state index contributed by atoms with van der Waals surface area (Å²) in [5, 5.41) is 12.8. The standard InChI is InChI=1S/C15H12BrN3O2S/c1-10-2-4-12(5-3-10)22-15-13(16)8-11(21-15)9-18-19-14(20)6-7-17/h2-5,8-9H,6H2,1H3,(H,19,20). The van der Waals surface area contributed by atoms with Crippen molar-refractivity contribution in [2.75, 3.05) is 0 Å². The molecule has 1 N–H and O–H groups in total. The SMILES string of the molecule is Cc1ccc(Sc2oc(C=NNC(=O)CC#N)cc2Br)cc1. The average molecular weight is 378 g/mol. The summed E-state index contributed by atoms with van der Waals surface area (Å²) in [6.45, 7) is 2.03. The molecule has 2 aromatic rings. The van der Waals surface area contributed by atoms with Gasteiger partial charge < -0.3 is 4.42 Å². The largest absolute Gasteiger partial charge is 0.447 e. The lowest BCUT2D eigenvalue weighted by atomic mass is 10.2. The van der Waals surface area contributed by atoms with E-state index in [0.29, 0.717) is 10.9 Å². The minimum atomic E-state index is -0.460. The molecule has 2 rings (SSSR count). The van der Waals surface area contributed by atoms with Gasteiger partial charge in [-0.15, -0.1) is 0 Å². The van der Waals surface area contributed by atoms with E-state index in [1.54, 1.807) is 12.1 Å². The number of amides is 1. The van der Waals surface area contributed by atoms with Gasteiger partial charge in [-0.25, -0.2) is 5.43 Å². The second kappa shape index (κ2) is 7.82. The Hall–Kier alpha value is -2.04. The maximum absolute atomic E-state index is 11.1. The van der Waals surface area contributed by atoms with Crippen molar-refractivity contribution < 1.29 is 9.21 Å². The third kappa shape index (κ3) is 4.76. The minimum absolute atomic E-state index is 0.228. The monoisotopic (exact) mass is 377 g/mol. The van der Waals surface area contributed by atoms with Crippen LogP contribution in [0, 0.1) is 18.3 Å². The molecule has 7 heteroatoms. The van der Waals surface area contributed by atoms with Gasteiger partial charge in [0, 0.05) is 11.0 Å². The molecule has 5 nitrogen and oxygen atoms in total. The fraction of sp³-hybridized carbons (Fsp3) is 0.133. The molecule has 0 atom stereocenters. The molecular formula is C15H12BrN3O2S. The Morgan fingerprint density at radius 1 is 1.50 bits per heavy atom. The smallest absolute Gasteiger partial charge is 0.254 e. The van der Waals surface area contributed by atoms with Crippen LogP contribution in [0.1, 0.15) is 17.7 Å². The molecule has 1 heterocycles. The molecule has 1 amide bonds. The molecule has 0 aliphatic heterocycles. The van der Waals surface area contributed by atoms with Gasteiger partial charge in [-0.05, 0) is 35.0 Å². The number of nitrogens with one attached hydrogen (secondary N) is 1. The first kappa shape index (κ1) is 16.3. The maximum atomic E-state index is 11.1. The third-order valence-corrected chi connectivity index (χ3v) is 4.37. The Labute approximate surface area is 140 Å². The third-order valence-electron chi connectivity index (χ3n) is 2.53. The summed E-state index contributed by atoms with van der Waals surface area (Å²) in [5.74, 6) is 0.0392. The van der Waals surface area contributed by atoms with E-state index in [1.165, 1.54) is 23.5 Å². The van der Waals surface area contributed by atoms with E-state index >= 15 is 0 Å². The second-order valence-corrected chi connectivity index (χ2v) is 6.23. The number of hydrogen-bond donors (Lipinski definition) is 1. The van der Waals surface area contributed by atoms with Gasteiger partial charge in [0.05, 0.1) is 16.8 Å². The van der Waals surface area contributed by atoms with Crippen LogP contribution in [-0.4, -0.2) is 12.1 Å². The van der Waals surface area contributed by atoms with Gasteiger partial charge in [-0.2, -0.15) is 10.4 Å². The van der Waals surface area contributed by atoms with E-state index in [1.807, 2.05) is 31.2 Å². The fourth-order valence-corrected chi connectivity index (χ4v) is 2.82. The molecule has 0 saturated heterocycles. The van der Waals surface area contributed by atoms with Crippen molar-refractivity contribution in [3.05, 3.63) is 46.1 Å². The topological polar surface area (TPSA) is 78.4 Å². The van der Waals surface area contributed by atoms with Crippen LogP contribution in [0.25, 0.3) is 0 Å². The van der Waals surface area contributed by atoms with Crippen LogP contribution in [0.3, 0.4) is 0 Å². The molecule has 1 aromatic carbocycles. The van der Waals surface area contributed by atoms with Crippen molar-refractivity contribution >= 4 is 39.8 Å². The van der Waals surface area contributed by atoms with E-state index in [-0.39, 0.29) is 6.42 Å². The summed E-state index contributed by atoms with van der Waals surface area (Å²) in [4.78, 5) is 12.1. The van der Waals surface area contributed by atoms with Crippen LogP contribution in [0.2, 0.25) is 0 Å². The van der Waals surface area contributed by atoms with Crippen LogP contribution < -0.4 is 5.43 Å². The normalized spacial score (nSPS) is 10.6. The summed E-state index contributed by atoms with van der Waals surface area (Å²) >= 11 is 4.91. The molecule has 0 radical (unpaired) electrons. The van der Waals surface area contributed by atoms with Crippen LogP contribution in [0.4, 0.5) is 0 Å². The number of nitriles is 1. The maximum Gasteiger partial charge on any atom is 0.254 e. The van der Waals surface area contributed by atoms with Gasteiger partial charge in [0.1, 0.15) is 12.2 Å². The van der Waals surface area contributed by atoms with Crippen LogP contribution >= 0.6 is 27.7 Å². The van der Waals surface area contributed by atoms with Gasteiger partial charge >= 0.3 is 0 Å². The lowest BCUT2D eigenvalue weighted by Crippen LogP contribution is -2.15. The van der Waals surface area contributed by atoms with Crippen LogP contribution in [-0.2, 0) is 4.79 Å². The Kier molecular flexibility index (Phi) is 5.81. The second-order valence-electron chi connectivity index (χ2n) is 4.33. The highest BCUT2D eigenvalue weighted by Crippen LogP contribution is 2.35. The Bertz CT molecular complexity index is 732. The van der Waals surface area contributed by atoms with Crippen molar-refractivity contribution in [3.63, 3.8) is 0 Å². The zero-order chi connectivity index (χ0) is 15.9. The molecular weight excluding hydrogens is 366 g/mol. The van der Waals surface area contributed by atoms with Crippen molar-refractivity contribution in [3.8, 4) is 6.07 Å². The molecule has 22 heavy (non-hydrogen) atoms. The first-order valence-electron chi connectivity index (χ1n) is 6.31. The molecule has 0 unspecified atom stereocenters. The van der Waals surface area contributed by atoms with Gasteiger partial charge in [-0.3, -0.25) is 4.79 Å². The van der Waals surface area contributed by atoms with E-state index in [4.69, 9.17) is 9.68 Å². The number of rotatable bonds is 5. The number of hydrazone groups is 1. The zero-order valence-electron chi connectivity index (χ0n) is 11.7. The van der Waals surface area contributed by atoms with Gasteiger partial charge in [0.15, 0.2) is 5.09 Å². The van der Waals surface area contributed by atoms with Crippen molar-refractivity contribution in [1.29, 1.82) is 5.26 Å². The Balaban J connectivity index is 2.02. The van der Waals surface area contributed by atoms with E-state index < -0.39 is 5.91 Å². The van der Waals surface area contributed by atoms with Crippen LogP contribution in [0.5, 0.6) is 0 Å². The highest BCUT2D eigenvalue weighted by atomic mass is 79.9. The molecule has 0 bridgehead atoms. The lowest BCUT2D eigenvalue weighted by molar-refractivity contribution is -0.120. The highest BCUT2D eigenvalue weighted by Gasteiger charge is 2.09. The predicted molar refractivity (Wildman–Crippen MR) is 87.7 cm³/mol. The molecule has 0 fully saturated rings.